The Kier molecular flexibility index (Phi) is 7.92. The van der Waals surface area contributed by atoms with E-state index in [9.17, 15) is 4.79 Å². The van der Waals surface area contributed by atoms with Crippen molar-refractivity contribution in [2.75, 3.05) is 26.9 Å². The van der Waals surface area contributed by atoms with E-state index in [1.807, 2.05) is 13.0 Å². The van der Waals surface area contributed by atoms with Crippen molar-refractivity contribution in [3.05, 3.63) is 33.8 Å². The predicted molar refractivity (Wildman–Crippen MR) is 80.3 cm³/mol. The first-order valence-corrected chi connectivity index (χ1v) is 7.11. The molecular formula is C14H19Cl2NO3. The number of carbonyl (C=O) groups excluding carboxylic acids is 1. The number of amides is 1. The monoisotopic (exact) mass is 319 g/mol. The van der Waals surface area contributed by atoms with Crippen LogP contribution in [0.1, 0.15) is 24.9 Å². The van der Waals surface area contributed by atoms with Gasteiger partial charge in [-0.25, -0.2) is 0 Å². The van der Waals surface area contributed by atoms with Crippen LogP contribution in [-0.2, 0) is 14.3 Å². The van der Waals surface area contributed by atoms with Gasteiger partial charge in [0, 0.05) is 13.5 Å². The first kappa shape index (κ1) is 17.2. The second-order valence-electron chi connectivity index (χ2n) is 4.29. The van der Waals surface area contributed by atoms with Gasteiger partial charge in [-0.2, -0.15) is 0 Å². The van der Waals surface area contributed by atoms with Crippen molar-refractivity contribution in [3.63, 3.8) is 0 Å². The molecule has 0 aliphatic rings. The van der Waals surface area contributed by atoms with Gasteiger partial charge < -0.3 is 14.8 Å². The summed E-state index contributed by atoms with van der Waals surface area (Å²) in [5.74, 6) is -0.0917. The molecule has 0 heterocycles. The minimum absolute atomic E-state index is 0.0917. The molecule has 1 amide bonds. The molecule has 0 unspecified atom stereocenters. The van der Waals surface area contributed by atoms with E-state index < -0.39 is 0 Å². The van der Waals surface area contributed by atoms with Gasteiger partial charge in [0.25, 0.3) is 0 Å². The number of hydrogen-bond acceptors (Lipinski definition) is 3. The second kappa shape index (κ2) is 9.19. The van der Waals surface area contributed by atoms with E-state index in [0.717, 1.165) is 5.56 Å². The summed E-state index contributed by atoms with van der Waals surface area (Å²) in [6.45, 7) is 3.24. The molecule has 1 N–H and O–H groups in total. The Morgan fingerprint density at radius 1 is 1.30 bits per heavy atom. The Morgan fingerprint density at radius 2 is 2.05 bits per heavy atom. The molecule has 0 radical (unpaired) electrons. The summed E-state index contributed by atoms with van der Waals surface area (Å²) in [7, 11) is 1.60. The van der Waals surface area contributed by atoms with Crippen LogP contribution < -0.4 is 5.32 Å². The van der Waals surface area contributed by atoms with Crippen LogP contribution in [0.15, 0.2) is 18.2 Å². The fourth-order valence-corrected chi connectivity index (χ4v) is 2.13. The van der Waals surface area contributed by atoms with Crippen LogP contribution in [0.3, 0.4) is 0 Å². The standard InChI is InChI=1S/C14H19Cl2NO3/c1-10(11-4-3-5-12(15)14(11)16)17-13(18)6-7-20-9-8-19-2/h3-5,10H,6-9H2,1-2H3,(H,17,18)/t10-/m1/s1. The van der Waals surface area contributed by atoms with Crippen LogP contribution in [0.2, 0.25) is 10.0 Å². The molecule has 0 aromatic heterocycles. The highest BCUT2D eigenvalue weighted by atomic mass is 35.5. The quantitative estimate of drug-likeness (QED) is 0.748. The first-order valence-electron chi connectivity index (χ1n) is 6.36. The van der Waals surface area contributed by atoms with E-state index in [0.29, 0.717) is 36.3 Å². The third-order valence-corrected chi connectivity index (χ3v) is 3.56. The molecule has 1 atom stereocenters. The lowest BCUT2D eigenvalue weighted by Crippen LogP contribution is -2.27. The number of ether oxygens (including phenoxy) is 2. The number of halogens is 2. The lowest BCUT2D eigenvalue weighted by molar-refractivity contribution is -0.122. The highest BCUT2D eigenvalue weighted by Crippen LogP contribution is 2.29. The van der Waals surface area contributed by atoms with Gasteiger partial charge in [-0.1, -0.05) is 35.3 Å². The van der Waals surface area contributed by atoms with Gasteiger partial charge in [-0.15, -0.1) is 0 Å². The van der Waals surface area contributed by atoms with Crippen LogP contribution >= 0.6 is 23.2 Å². The van der Waals surface area contributed by atoms with E-state index in [1.54, 1.807) is 19.2 Å². The Hall–Kier alpha value is -0.810. The molecule has 1 aromatic carbocycles. The Bertz CT molecular complexity index is 440. The molecule has 4 nitrogen and oxygen atoms in total. The maximum Gasteiger partial charge on any atom is 0.222 e. The summed E-state index contributed by atoms with van der Waals surface area (Å²) in [5, 5.41) is 3.81. The maximum atomic E-state index is 11.8. The zero-order valence-corrected chi connectivity index (χ0v) is 13.1. The molecule has 20 heavy (non-hydrogen) atoms. The summed E-state index contributed by atoms with van der Waals surface area (Å²) in [6.07, 6.45) is 0.298. The van der Waals surface area contributed by atoms with Gasteiger partial charge in [0.2, 0.25) is 5.91 Å². The van der Waals surface area contributed by atoms with Crippen molar-refractivity contribution in [1.82, 2.24) is 5.32 Å². The minimum Gasteiger partial charge on any atom is -0.382 e. The SMILES string of the molecule is COCCOCCC(=O)N[C@H](C)c1cccc(Cl)c1Cl. The highest BCUT2D eigenvalue weighted by Gasteiger charge is 2.14. The molecule has 0 saturated carbocycles. The molecule has 112 valence electrons. The molecule has 6 heteroatoms. The van der Waals surface area contributed by atoms with Crippen molar-refractivity contribution in [3.8, 4) is 0 Å². The summed E-state index contributed by atoms with van der Waals surface area (Å²) in [4.78, 5) is 11.8. The van der Waals surface area contributed by atoms with Gasteiger partial charge in [-0.3, -0.25) is 4.79 Å². The third kappa shape index (κ3) is 5.67. The van der Waals surface area contributed by atoms with Crippen molar-refractivity contribution < 1.29 is 14.3 Å². The zero-order valence-electron chi connectivity index (χ0n) is 11.6. The molecule has 0 aliphatic heterocycles. The molecule has 1 rings (SSSR count). The summed E-state index contributed by atoms with van der Waals surface area (Å²) >= 11 is 12.1. The van der Waals surface area contributed by atoms with Crippen molar-refractivity contribution in [2.24, 2.45) is 0 Å². The molecule has 0 fully saturated rings. The Labute approximate surface area is 129 Å². The lowest BCUT2D eigenvalue weighted by Gasteiger charge is -2.16. The average molecular weight is 320 g/mol. The number of rotatable bonds is 8. The van der Waals surface area contributed by atoms with Crippen LogP contribution in [0, 0.1) is 0 Å². The molecular weight excluding hydrogens is 301 g/mol. The average Bonchev–Trinajstić information content (AvgIpc) is 2.41. The Morgan fingerprint density at radius 3 is 2.75 bits per heavy atom. The molecule has 0 spiro atoms. The largest absolute Gasteiger partial charge is 0.382 e. The molecule has 0 aliphatic carbocycles. The summed E-state index contributed by atoms with van der Waals surface area (Å²) < 4.78 is 10.1. The highest BCUT2D eigenvalue weighted by molar-refractivity contribution is 6.42. The van der Waals surface area contributed by atoms with Gasteiger partial charge >= 0.3 is 0 Å². The maximum absolute atomic E-state index is 11.8. The minimum atomic E-state index is -0.201. The zero-order chi connectivity index (χ0) is 15.0. The topological polar surface area (TPSA) is 47.6 Å². The van der Waals surface area contributed by atoms with Gasteiger partial charge in [-0.05, 0) is 18.6 Å². The van der Waals surface area contributed by atoms with Crippen LogP contribution in [0.4, 0.5) is 0 Å². The van der Waals surface area contributed by atoms with E-state index in [4.69, 9.17) is 32.7 Å². The number of nitrogens with one attached hydrogen (secondary N) is 1. The number of methoxy groups -OCH3 is 1. The fraction of sp³-hybridized carbons (Fsp3) is 0.500. The van der Waals surface area contributed by atoms with E-state index in [1.165, 1.54) is 0 Å². The molecule has 0 bridgehead atoms. The lowest BCUT2D eigenvalue weighted by atomic mass is 10.1. The van der Waals surface area contributed by atoms with E-state index in [-0.39, 0.29) is 11.9 Å². The number of hydrogen-bond donors (Lipinski definition) is 1. The summed E-state index contributed by atoms with van der Waals surface area (Å²) in [5.41, 5.74) is 0.799. The molecule has 1 aromatic rings. The van der Waals surface area contributed by atoms with Crippen molar-refractivity contribution in [2.45, 2.75) is 19.4 Å². The smallest absolute Gasteiger partial charge is 0.222 e. The normalized spacial score (nSPS) is 12.2. The summed E-state index contributed by atoms with van der Waals surface area (Å²) in [6, 6.07) is 5.16. The Balaban J connectivity index is 2.39. The third-order valence-electron chi connectivity index (χ3n) is 2.73. The molecule has 0 saturated heterocycles. The predicted octanol–water partition coefficient (Wildman–Crippen LogP) is 3.22. The van der Waals surface area contributed by atoms with Crippen molar-refractivity contribution >= 4 is 29.1 Å². The van der Waals surface area contributed by atoms with Crippen LogP contribution in [0.5, 0.6) is 0 Å². The number of benzene rings is 1. The van der Waals surface area contributed by atoms with Gasteiger partial charge in [0.15, 0.2) is 0 Å². The van der Waals surface area contributed by atoms with Crippen molar-refractivity contribution in [1.29, 1.82) is 0 Å². The fourth-order valence-electron chi connectivity index (χ4n) is 1.66. The van der Waals surface area contributed by atoms with Crippen LogP contribution in [-0.4, -0.2) is 32.8 Å². The van der Waals surface area contributed by atoms with Gasteiger partial charge in [0.05, 0.1) is 35.9 Å². The number of carbonyl (C=O) groups is 1. The van der Waals surface area contributed by atoms with E-state index >= 15 is 0 Å². The van der Waals surface area contributed by atoms with Gasteiger partial charge in [0.1, 0.15) is 0 Å². The van der Waals surface area contributed by atoms with Crippen LogP contribution in [0.25, 0.3) is 0 Å². The second-order valence-corrected chi connectivity index (χ2v) is 5.07. The van der Waals surface area contributed by atoms with E-state index in [2.05, 4.69) is 5.32 Å². The first-order chi connectivity index (χ1) is 9.56.